The number of hydrogen-bond acceptors (Lipinski definition) is 5. The van der Waals surface area contributed by atoms with Crippen LogP contribution in [-0.2, 0) is 14.3 Å². The van der Waals surface area contributed by atoms with Gasteiger partial charge in [-0.15, -0.1) is 0 Å². The zero-order chi connectivity index (χ0) is 36.8. The molecule has 0 aliphatic rings. The molecule has 2 unspecified atom stereocenters. The number of hydrogen-bond donors (Lipinski definition) is 2. The molecule has 0 radical (unpaired) electrons. The predicted molar refractivity (Wildman–Crippen MR) is 216 cm³/mol. The first-order valence-corrected chi connectivity index (χ1v) is 22.3. The molecule has 6 heteroatoms. The Labute approximate surface area is 312 Å². The van der Waals surface area contributed by atoms with Crippen LogP contribution < -0.4 is 5.32 Å². The van der Waals surface area contributed by atoms with E-state index in [1.54, 1.807) is 0 Å². The predicted octanol–water partition coefficient (Wildman–Crippen LogP) is 12.1. The number of esters is 1. The molecule has 0 aromatic carbocycles. The van der Waals surface area contributed by atoms with E-state index < -0.39 is 0 Å². The quantitative estimate of drug-likeness (QED) is 0.0489. The molecule has 0 aliphatic carbocycles. The van der Waals surface area contributed by atoms with E-state index in [-0.39, 0.29) is 11.9 Å². The number of unbranched alkanes of at least 4 members (excludes halogenated alkanes) is 21. The van der Waals surface area contributed by atoms with E-state index in [1.807, 2.05) is 7.05 Å². The van der Waals surface area contributed by atoms with Crippen LogP contribution in [0.2, 0.25) is 0 Å². The van der Waals surface area contributed by atoms with Crippen molar-refractivity contribution in [2.24, 2.45) is 5.92 Å². The second-order valence-electron chi connectivity index (χ2n) is 15.3. The second-order valence-corrected chi connectivity index (χ2v) is 15.3. The Hall–Kier alpha value is -1.14. The maximum absolute atomic E-state index is 13.6. The normalized spacial score (nSPS) is 12.7. The van der Waals surface area contributed by atoms with E-state index in [1.165, 1.54) is 116 Å². The van der Waals surface area contributed by atoms with Gasteiger partial charge in [-0.1, -0.05) is 168 Å². The largest absolute Gasteiger partial charge is 0.465 e. The Morgan fingerprint density at radius 3 is 1.58 bits per heavy atom. The number of aliphatic hydroxyl groups excluding tert-OH is 1. The third kappa shape index (κ3) is 30.5. The number of rotatable bonds is 40. The first-order chi connectivity index (χ1) is 24.5. The lowest BCUT2D eigenvalue weighted by Crippen LogP contribution is -2.41. The van der Waals surface area contributed by atoms with Crippen molar-refractivity contribution in [3.8, 4) is 0 Å². The van der Waals surface area contributed by atoms with Crippen molar-refractivity contribution in [3.05, 3.63) is 0 Å². The summed E-state index contributed by atoms with van der Waals surface area (Å²) in [4.78, 5) is 28.6. The molecule has 0 aromatic heterocycles. The molecule has 50 heavy (non-hydrogen) atoms. The topological polar surface area (TPSA) is 78.9 Å². The standard InChI is InChI=1S/C44H88N2O4/c1-5-8-11-13-22-28-36-43(48)46(38-31-37-45-4)42(34-26-20-16-14-18-23-29-39-47)35-27-21-17-15-19-24-30-40-50-44(49)41(32-10-7-3)33-25-12-9-6-2/h41-42,45,47H,5-40H2,1-4H3. The molecule has 0 saturated heterocycles. The molecule has 2 N–H and O–H groups in total. The smallest absolute Gasteiger partial charge is 0.308 e. The molecule has 298 valence electrons. The fourth-order valence-corrected chi connectivity index (χ4v) is 7.27. The van der Waals surface area contributed by atoms with Gasteiger partial charge in [-0.05, 0) is 65.0 Å². The van der Waals surface area contributed by atoms with Gasteiger partial charge < -0.3 is 20.1 Å². The highest BCUT2D eigenvalue weighted by Gasteiger charge is 2.23. The number of amides is 1. The van der Waals surface area contributed by atoms with Crippen LogP contribution in [-0.4, -0.2) is 61.3 Å². The zero-order valence-corrected chi connectivity index (χ0v) is 34.2. The van der Waals surface area contributed by atoms with Gasteiger partial charge in [0, 0.05) is 25.6 Å². The average molecular weight is 709 g/mol. The Morgan fingerprint density at radius 1 is 0.560 bits per heavy atom. The minimum Gasteiger partial charge on any atom is -0.465 e. The fraction of sp³-hybridized carbons (Fsp3) is 0.955. The first kappa shape index (κ1) is 48.9. The monoisotopic (exact) mass is 709 g/mol. The van der Waals surface area contributed by atoms with Crippen molar-refractivity contribution in [2.45, 2.75) is 232 Å². The summed E-state index contributed by atoms with van der Waals surface area (Å²) in [5.41, 5.74) is 0. The number of aliphatic hydroxyl groups is 1. The van der Waals surface area contributed by atoms with Gasteiger partial charge >= 0.3 is 5.97 Å². The second kappa shape index (κ2) is 39.1. The van der Waals surface area contributed by atoms with Gasteiger partial charge in [0.2, 0.25) is 5.91 Å². The maximum atomic E-state index is 13.6. The molecule has 0 aliphatic heterocycles. The Kier molecular flexibility index (Phi) is 38.2. The van der Waals surface area contributed by atoms with E-state index in [4.69, 9.17) is 9.84 Å². The highest BCUT2D eigenvalue weighted by Crippen LogP contribution is 2.22. The van der Waals surface area contributed by atoms with Crippen LogP contribution in [0, 0.1) is 5.92 Å². The van der Waals surface area contributed by atoms with Crippen LogP contribution in [0.4, 0.5) is 0 Å². The number of nitrogens with zero attached hydrogens (tertiary/aromatic N) is 1. The molecule has 0 saturated carbocycles. The number of ether oxygens (including phenoxy) is 1. The summed E-state index contributed by atoms with van der Waals surface area (Å²) in [6.07, 6.45) is 37.0. The van der Waals surface area contributed by atoms with Gasteiger partial charge in [-0.25, -0.2) is 0 Å². The van der Waals surface area contributed by atoms with Crippen LogP contribution >= 0.6 is 0 Å². The van der Waals surface area contributed by atoms with E-state index >= 15 is 0 Å². The molecule has 0 fully saturated rings. The molecule has 6 nitrogen and oxygen atoms in total. The summed E-state index contributed by atoms with van der Waals surface area (Å²) >= 11 is 0. The third-order valence-electron chi connectivity index (χ3n) is 10.6. The summed E-state index contributed by atoms with van der Waals surface area (Å²) in [6.45, 7) is 9.42. The van der Waals surface area contributed by atoms with Gasteiger partial charge in [-0.3, -0.25) is 9.59 Å². The summed E-state index contributed by atoms with van der Waals surface area (Å²) in [6, 6.07) is 0.372. The van der Waals surface area contributed by atoms with Crippen molar-refractivity contribution < 1.29 is 19.4 Å². The number of nitrogens with one attached hydrogen (secondary N) is 1. The molecule has 2 atom stereocenters. The van der Waals surface area contributed by atoms with Crippen LogP contribution in [0.5, 0.6) is 0 Å². The molecule has 1 amide bonds. The molecule has 0 rings (SSSR count). The zero-order valence-electron chi connectivity index (χ0n) is 34.2. The Morgan fingerprint density at radius 2 is 1.02 bits per heavy atom. The average Bonchev–Trinajstić information content (AvgIpc) is 3.12. The number of carbonyl (C=O) groups is 2. The summed E-state index contributed by atoms with van der Waals surface area (Å²) in [7, 11) is 2.01. The van der Waals surface area contributed by atoms with E-state index in [0.29, 0.717) is 31.6 Å². The van der Waals surface area contributed by atoms with E-state index in [2.05, 4.69) is 31.0 Å². The van der Waals surface area contributed by atoms with Crippen LogP contribution in [0.25, 0.3) is 0 Å². The Balaban J connectivity index is 4.69. The lowest BCUT2D eigenvalue weighted by molar-refractivity contribution is -0.149. The highest BCUT2D eigenvalue weighted by molar-refractivity contribution is 5.76. The van der Waals surface area contributed by atoms with E-state index in [0.717, 1.165) is 96.6 Å². The van der Waals surface area contributed by atoms with Crippen molar-refractivity contribution in [3.63, 3.8) is 0 Å². The van der Waals surface area contributed by atoms with Gasteiger partial charge in [0.05, 0.1) is 12.5 Å². The summed E-state index contributed by atoms with van der Waals surface area (Å²) < 4.78 is 5.74. The third-order valence-corrected chi connectivity index (χ3v) is 10.6. The van der Waals surface area contributed by atoms with Crippen molar-refractivity contribution in [1.29, 1.82) is 0 Å². The minimum absolute atomic E-state index is 0.0491. The molecule has 0 heterocycles. The maximum Gasteiger partial charge on any atom is 0.308 e. The number of carbonyl (C=O) groups excluding carboxylic acids is 2. The molecular weight excluding hydrogens is 620 g/mol. The summed E-state index contributed by atoms with van der Waals surface area (Å²) in [5.74, 6) is 0.538. The molecule has 0 spiro atoms. The highest BCUT2D eigenvalue weighted by atomic mass is 16.5. The van der Waals surface area contributed by atoms with Crippen molar-refractivity contribution in [1.82, 2.24) is 10.2 Å². The van der Waals surface area contributed by atoms with Crippen molar-refractivity contribution >= 4 is 11.9 Å². The van der Waals surface area contributed by atoms with Gasteiger partial charge in [0.15, 0.2) is 0 Å². The molecule has 0 aromatic rings. The lowest BCUT2D eigenvalue weighted by Gasteiger charge is -2.33. The van der Waals surface area contributed by atoms with Crippen molar-refractivity contribution in [2.75, 3.05) is 33.4 Å². The van der Waals surface area contributed by atoms with Gasteiger partial charge in [-0.2, -0.15) is 0 Å². The van der Waals surface area contributed by atoms with Crippen LogP contribution in [0.3, 0.4) is 0 Å². The van der Waals surface area contributed by atoms with Crippen LogP contribution in [0.15, 0.2) is 0 Å². The molecule has 0 bridgehead atoms. The Bertz CT molecular complexity index is 718. The lowest BCUT2D eigenvalue weighted by atomic mass is 9.95. The minimum atomic E-state index is 0.0491. The van der Waals surface area contributed by atoms with Gasteiger partial charge in [0.1, 0.15) is 0 Å². The van der Waals surface area contributed by atoms with Crippen LogP contribution in [0.1, 0.15) is 226 Å². The summed E-state index contributed by atoms with van der Waals surface area (Å²) in [5, 5.41) is 12.3. The van der Waals surface area contributed by atoms with Gasteiger partial charge in [0.25, 0.3) is 0 Å². The fourth-order valence-electron chi connectivity index (χ4n) is 7.27. The first-order valence-electron chi connectivity index (χ1n) is 22.3. The molecular formula is C44H88N2O4. The SMILES string of the molecule is CCCCCCCCC(=O)N(CCCNC)C(CCCCCCCCCO)CCCCCCCCCOC(=O)C(CCCC)CCCCCC. The van der Waals surface area contributed by atoms with E-state index in [9.17, 15) is 9.59 Å².